The molecule has 11 heteroatoms. The first-order valence-corrected chi connectivity index (χ1v) is 11.3. The van der Waals surface area contributed by atoms with E-state index in [2.05, 4.69) is 30.5 Å². The predicted octanol–water partition coefficient (Wildman–Crippen LogP) is 4.27. The van der Waals surface area contributed by atoms with Crippen molar-refractivity contribution < 1.29 is 9.59 Å². The van der Waals surface area contributed by atoms with Gasteiger partial charge in [-0.2, -0.15) is 14.9 Å². The van der Waals surface area contributed by atoms with Gasteiger partial charge in [0.25, 0.3) is 11.7 Å². The molecular weight excluding hydrogens is 480 g/mol. The number of rotatable bonds is 5. The van der Waals surface area contributed by atoms with Crippen molar-refractivity contribution in [2.45, 2.75) is 6.92 Å². The quantitative estimate of drug-likeness (QED) is 0.271. The van der Waals surface area contributed by atoms with Crippen molar-refractivity contribution in [2.75, 3.05) is 5.32 Å². The van der Waals surface area contributed by atoms with Gasteiger partial charge in [0, 0.05) is 28.2 Å². The van der Waals surface area contributed by atoms with Crippen LogP contribution in [0.15, 0.2) is 73.3 Å². The number of aromatic nitrogens is 7. The van der Waals surface area contributed by atoms with E-state index in [0.29, 0.717) is 44.3 Å². The summed E-state index contributed by atoms with van der Waals surface area (Å²) in [5.41, 5.74) is 3.01. The minimum atomic E-state index is -0.789. The summed E-state index contributed by atoms with van der Waals surface area (Å²) in [7, 11) is 0. The molecule has 0 fully saturated rings. The number of aromatic amines is 1. The number of para-hydroxylation sites is 1. The topological polar surface area (TPSA) is 123 Å². The van der Waals surface area contributed by atoms with Crippen molar-refractivity contribution >= 4 is 51.0 Å². The highest BCUT2D eigenvalue weighted by Crippen LogP contribution is 2.25. The third kappa shape index (κ3) is 3.60. The SMILES string of the molecule is Cc1cc(NC(=O)C(=O)c2c[nH]c3ccccc23)n(-c2ncnc3c2cnn3-c2ccc(Cl)cc2)n1. The Labute approximate surface area is 208 Å². The molecule has 0 atom stereocenters. The molecule has 0 unspecified atom stereocenters. The van der Waals surface area contributed by atoms with Crippen LogP contribution in [0.5, 0.6) is 0 Å². The summed E-state index contributed by atoms with van der Waals surface area (Å²) in [5, 5.41) is 13.5. The zero-order valence-corrected chi connectivity index (χ0v) is 19.6. The second kappa shape index (κ2) is 8.43. The Hall–Kier alpha value is -4.83. The molecular formula is C25H17ClN8O2. The van der Waals surface area contributed by atoms with Crippen LogP contribution in [0.2, 0.25) is 5.02 Å². The van der Waals surface area contributed by atoms with Crippen molar-refractivity contribution in [3.63, 3.8) is 0 Å². The summed E-state index contributed by atoms with van der Waals surface area (Å²) in [6.45, 7) is 1.78. The summed E-state index contributed by atoms with van der Waals surface area (Å²) in [5.74, 6) is -0.752. The van der Waals surface area contributed by atoms with E-state index in [1.807, 2.05) is 30.3 Å². The largest absolute Gasteiger partial charge is 0.360 e. The molecule has 6 aromatic rings. The normalized spacial score (nSPS) is 11.3. The van der Waals surface area contributed by atoms with Gasteiger partial charge < -0.3 is 10.3 Å². The number of carbonyl (C=O) groups excluding carboxylic acids is 2. The Bertz CT molecular complexity index is 1780. The molecule has 0 aliphatic rings. The van der Waals surface area contributed by atoms with Crippen LogP contribution in [0.4, 0.5) is 5.82 Å². The Kier molecular flexibility index (Phi) is 5.08. The number of aryl methyl sites for hydroxylation is 1. The Morgan fingerprint density at radius 3 is 2.64 bits per heavy atom. The lowest BCUT2D eigenvalue weighted by molar-refractivity contribution is -0.112. The number of nitrogens with one attached hydrogen (secondary N) is 2. The van der Waals surface area contributed by atoms with Crippen LogP contribution in [0.1, 0.15) is 16.1 Å². The second-order valence-corrected chi connectivity index (χ2v) is 8.52. The van der Waals surface area contributed by atoms with Gasteiger partial charge in [-0.3, -0.25) is 9.59 Å². The number of benzene rings is 2. The van der Waals surface area contributed by atoms with Gasteiger partial charge in [0.1, 0.15) is 12.1 Å². The van der Waals surface area contributed by atoms with Crippen LogP contribution >= 0.6 is 11.6 Å². The molecule has 0 saturated heterocycles. The Morgan fingerprint density at radius 1 is 1.00 bits per heavy atom. The molecule has 0 aliphatic heterocycles. The number of nitrogens with zero attached hydrogens (tertiary/aromatic N) is 6. The molecule has 2 aromatic carbocycles. The van der Waals surface area contributed by atoms with Gasteiger partial charge in [-0.15, -0.1) is 0 Å². The summed E-state index contributed by atoms with van der Waals surface area (Å²) >= 11 is 6.01. The predicted molar refractivity (Wildman–Crippen MR) is 135 cm³/mol. The standard InChI is InChI=1S/C25H17ClN8O2/c1-14-10-21(31-25(36)22(35)18-11-27-20-5-3-2-4-17(18)20)34(32-14)24-19-12-30-33(23(19)28-13-29-24)16-8-6-15(26)7-9-16/h2-13,27H,1H3,(H,31,36). The van der Waals surface area contributed by atoms with Crippen LogP contribution < -0.4 is 5.32 Å². The van der Waals surface area contributed by atoms with Gasteiger partial charge in [0.15, 0.2) is 11.5 Å². The van der Waals surface area contributed by atoms with Gasteiger partial charge >= 0.3 is 0 Å². The molecule has 4 heterocycles. The number of H-pyrrole nitrogens is 1. The third-order valence-electron chi connectivity index (χ3n) is 5.73. The minimum Gasteiger partial charge on any atom is -0.360 e. The van der Waals surface area contributed by atoms with E-state index in [1.54, 1.807) is 42.1 Å². The van der Waals surface area contributed by atoms with Gasteiger partial charge in [0.05, 0.1) is 28.5 Å². The van der Waals surface area contributed by atoms with Gasteiger partial charge in [0.2, 0.25) is 0 Å². The maximum absolute atomic E-state index is 13.0. The number of anilines is 1. The highest BCUT2D eigenvalue weighted by atomic mass is 35.5. The number of hydrogen-bond acceptors (Lipinski definition) is 6. The van der Waals surface area contributed by atoms with E-state index < -0.39 is 11.7 Å². The molecule has 2 N–H and O–H groups in total. The lowest BCUT2D eigenvalue weighted by atomic mass is 10.1. The number of fused-ring (bicyclic) bond motifs is 2. The summed E-state index contributed by atoms with van der Waals surface area (Å²) in [4.78, 5) is 37.7. The van der Waals surface area contributed by atoms with E-state index in [1.165, 1.54) is 17.2 Å². The molecule has 1 amide bonds. The molecule has 0 radical (unpaired) electrons. The average molecular weight is 497 g/mol. The van der Waals surface area contributed by atoms with Crippen molar-refractivity contribution in [1.29, 1.82) is 0 Å². The fraction of sp³-hybridized carbons (Fsp3) is 0.0400. The van der Waals surface area contributed by atoms with Crippen molar-refractivity contribution in [2.24, 2.45) is 0 Å². The maximum Gasteiger partial charge on any atom is 0.298 e. The zero-order chi connectivity index (χ0) is 24.8. The fourth-order valence-corrected chi connectivity index (χ4v) is 4.20. The van der Waals surface area contributed by atoms with E-state index in [-0.39, 0.29) is 0 Å². The first kappa shape index (κ1) is 21.7. The lowest BCUT2D eigenvalue weighted by Gasteiger charge is -2.09. The maximum atomic E-state index is 13.0. The second-order valence-electron chi connectivity index (χ2n) is 8.08. The number of amides is 1. The third-order valence-corrected chi connectivity index (χ3v) is 5.98. The first-order valence-electron chi connectivity index (χ1n) is 10.9. The summed E-state index contributed by atoms with van der Waals surface area (Å²) in [6, 6.07) is 16.2. The van der Waals surface area contributed by atoms with Gasteiger partial charge in [-0.05, 0) is 37.3 Å². The summed E-state index contributed by atoms with van der Waals surface area (Å²) < 4.78 is 3.12. The van der Waals surface area contributed by atoms with E-state index in [9.17, 15) is 9.59 Å². The van der Waals surface area contributed by atoms with Crippen LogP contribution in [-0.4, -0.2) is 46.2 Å². The van der Waals surface area contributed by atoms with Crippen molar-refractivity contribution in [3.8, 4) is 11.5 Å². The van der Waals surface area contributed by atoms with E-state index in [4.69, 9.17) is 11.6 Å². The molecule has 0 saturated carbocycles. The van der Waals surface area contributed by atoms with E-state index >= 15 is 0 Å². The Balaban J connectivity index is 1.37. The minimum absolute atomic E-state index is 0.291. The highest BCUT2D eigenvalue weighted by molar-refractivity contribution is 6.48. The molecule has 0 aliphatic carbocycles. The van der Waals surface area contributed by atoms with Gasteiger partial charge in [-0.1, -0.05) is 29.8 Å². The molecule has 0 spiro atoms. The smallest absolute Gasteiger partial charge is 0.298 e. The fourth-order valence-electron chi connectivity index (χ4n) is 4.08. The summed E-state index contributed by atoms with van der Waals surface area (Å²) in [6.07, 6.45) is 4.55. The molecule has 10 nitrogen and oxygen atoms in total. The number of ketones is 1. The number of hydrogen-bond donors (Lipinski definition) is 2. The van der Waals surface area contributed by atoms with Gasteiger partial charge in [-0.25, -0.2) is 14.6 Å². The highest BCUT2D eigenvalue weighted by Gasteiger charge is 2.23. The monoisotopic (exact) mass is 496 g/mol. The lowest BCUT2D eigenvalue weighted by Crippen LogP contribution is -2.24. The molecule has 0 bridgehead atoms. The van der Waals surface area contributed by atoms with Crippen LogP contribution in [-0.2, 0) is 4.79 Å². The number of halogens is 1. The number of Topliss-reactive ketones (excluding diaryl/α,β-unsaturated/α-hetero) is 1. The molecule has 4 aromatic heterocycles. The molecule has 36 heavy (non-hydrogen) atoms. The van der Waals surface area contributed by atoms with Crippen LogP contribution in [0, 0.1) is 6.92 Å². The Morgan fingerprint density at radius 2 is 1.81 bits per heavy atom. The van der Waals surface area contributed by atoms with Crippen molar-refractivity contribution in [3.05, 3.63) is 89.6 Å². The average Bonchev–Trinajstić information content (AvgIpc) is 3.60. The first-order chi connectivity index (χ1) is 17.5. The zero-order valence-electron chi connectivity index (χ0n) is 18.8. The molecule has 6 rings (SSSR count). The van der Waals surface area contributed by atoms with Crippen LogP contribution in [0.25, 0.3) is 33.4 Å². The number of carbonyl (C=O) groups is 2. The van der Waals surface area contributed by atoms with E-state index in [0.717, 1.165) is 11.2 Å². The molecule has 176 valence electrons. The van der Waals surface area contributed by atoms with Crippen LogP contribution in [0.3, 0.4) is 0 Å². The van der Waals surface area contributed by atoms with Crippen molar-refractivity contribution in [1.82, 2.24) is 34.5 Å².